The second kappa shape index (κ2) is 6.65. The van der Waals surface area contributed by atoms with E-state index in [1.807, 2.05) is 6.08 Å². The van der Waals surface area contributed by atoms with Crippen LogP contribution in [0.2, 0.25) is 0 Å². The van der Waals surface area contributed by atoms with E-state index in [4.69, 9.17) is 5.84 Å². The number of nitrogen functional groups attached to an aromatic ring is 1. The fourth-order valence-corrected chi connectivity index (χ4v) is 1.30. The van der Waals surface area contributed by atoms with Gasteiger partial charge in [-0.25, -0.2) is 4.39 Å². The summed E-state index contributed by atoms with van der Waals surface area (Å²) in [5, 5.41) is 2.67. The molecule has 1 aromatic carbocycles. The normalized spacial score (nSPS) is 10.5. The van der Waals surface area contributed by atoms with Gasteiger partial charge in [0.2, 0.25) is 5.91 Å². The maximum absolute atomic E-state index is 13.3. The minimum absolute atomic E-state index is 0.0529. The van der Waals surface area contributed by atoms with Crippen molar-refractivity contribution in [3.63, 3.8) is 0 Å². The van der Waals surface area contributed by atoms with Gasteiger partial charge >= 0.3 is 0 Å². The quantitative estimate of drug-likeness (QED) is 0.414. The first-order chi connectivity index (χ1) is 8.13. The first-order valence-electron chi connectivity index (χ1n) is 5.30. The number of hydrogen-bond acceptors (Lipinski definition) is 3. The first kappa shape index (κ1) is 13.2. The van der Waals surface area contributed by atoms with Crippen LogP contribution in [0.3, 0.4) is 0 Å². The molecule has 0 spiro atoms. The summed E-state index contributed by atoms with van der Waals surface area (Å²) >= 11 is 0. The minimum atomic E-state index is -0.392. The largest absolute Gasteiger partial charge is 0.356 e. The number of benzene rings is 1. The van der Waals surface area contributed by atoms with Crippen molar-refractivity contribution in [3.05, 3.63) is 35.7 Å². The minimum Gasteiger partial charge on any atom is -0.356 e. The number of carbonyl (C=O) groups excluding carboxylic acids is 1. The Balaban J connectivity index is 2.48. The molecule has 1 rings (SSSR count). The third-order valence-electron chi connectivity index (χ3n) is 2.14. The Morgan fingerprint density at radius 1 is 1.53 bits per heavy atom. The lowest BCUT2D eigenvalue weighted by Crippen LogP contribution is -2.20. The molecule has 92 valence electrons. The molecule has 0 fully saturated rings. The van der Waals surface area contributed by atoms with Crippen LogP contribution in [0.15, 0.2) is 24.3 Å². The highest BCUT2D eigenvalue weighted by Crippen LogP contribution is 2.15. The van der Waals surface area contributed by atoms with Crippen molar-refractivity contribution < 1.29 is 9.18 Å². The van der Waals surface area contributed by atoms with Crippen LogP contribution in [0.4, 0.5) is 10.1 Å². The fourth-order valence-electron chi connectivity index (χ4n) is 1.30. The number of halogens is 1. The molecule has 4 N–H and O–H groups in total. The molecule has 0 atom stereocenters. The summed E-state index contributed by atoms with van der Waals surface area (Å²) in [6.45, 7) is 2.05. The molecule has 0 aliphatic heterocycles. The van der Waals surface area contributed by atoms with E-state index >= 15 is 0 Å². The van der Waals surface area contributed by atoms with Crippen molar-refractivity contribution in [1.29, 1.82) is 0 Å². The average molecular weight is 237 g/mol. The maximum atomic E-state index is 13.3. The molecule has 0 saturated heterocycles. The van der Waals surface area contributed by atoms with E-state index in [1.54, 1.807) is 18.2 Å². The highest BCUT2D eigenvalue weighted by Gasteiger charge is 1.99. The van der Waals surface area contributed by atoms with E-state index in [0.29, 0.717) is 13.0 Å². The molecule has 5 heteroatoms. The zero-order chi connectivity index (χ0) is 12.7. The van der Waals surface area contributed by atoms with Crippen LogP contribution in [0.5, 0.6) is 0 Å². The van der Waals surface area contributed by atoms with Gasteiger partial charge in [0.25, 0.3) is 0 Å². The molecule has 1 aromatic rings. The van der Waals surface area contributed by atoms with Gasteiger partial charge in [-0.3, -0.25) is 10.6 Å². The van der Waals surface area contributed by atoms with Crippen molar-refractivity contribution in [1.82, 2.24) is 5.32 Å². The molecule has 0 radical (unpaired) electrons. The van der Waals surface area contributed by atoms with Crippen LogP contribution in [0.25, 0.3) is 6.08 Å². The molecule has 0 aromatic heterocycles. The molecule has 0 bridgehead atoms. The van der Waals surface area contributed by atoms with Crippen LogP contribution in [0.1, 0.15) is 18.9 Å². The zero-order valence-electron chi connectivity index (χ0n) is 9.66. The highest BCUT2D eigenvalue weighted by molar-refractivity contribution is 5.72. The molecule has 4 nitrogen and oxygen atoms in total. The van der Waals surface area contributed by atoms with Crippen LogP contribution in [-0.2, 0) is 4.79 Å². The Labute approximate surface area is 99.7 Å². The average Bonchev–Trinajstić information content (AvgIpc) is 2.28. The van der Waals surface area contributed by atoms with Gasteiger partial charge in [0.15, 0.2) is 0 Å². The SMILES string of the molecule is CC(=O)NCCC=Cc1ccc(NN)c(F)c1. The predicted octanol–water partition coefficient (Wildman–Crippen LogP) is 1.65. The summed E-state index contributed by atoms with van der Waals surface area (Å²) in [5.41, 5.74) is 3.28. The highest BCUT2D eigenvalue weighted by atomic mass is 19.1. The molecular formula is C12H16FN3O. The van der Waals surface area contributed by atoms with E-state index in [9.17, 15) is 9.18 Å². The van der Waals surface area contributed by atoms with Gasteiger partial charge in [0, 0.05) is 13.5 Å². The first-order valence-corrected chi connectivity index (χ1v) is 5.30. The Bertz CT molecular complexity index is 418. The van der Waals surface area contributed by atoms with Gasteiger partial charge in [0.05, 0.1) is 5.69 Å². The summed E-state index contributed by atoms with van der Waals surface area (Å²) in [6, 6.07) is 4.72. The Morgan fingerprint density at radius 3 is 2.88 bits per heavy atom. The number of rotatable bonds is 5. The third-order valence-corrected chi connectivity index (χ3v) is 2.14. The topological polar surface area (TPSA) is 67.2 Å². The predicted molar refractivity (Wildman–Crippen MR) is 66.5 cm³/mol. The molecule has 0 aliphatic carbocycles. The van der Waals surface area contributed by atoms with Gasteiger partial charge in [-0.1, -0.05) is 18.2 Å². The lowest BCUT2D eigenvalue weighted by molar-refractivity contribution is -0.118. The summed E-state index contributed by atoms with van der Waals surface area (Å²) in [4.78, 5) is 10.6. The molecule has 0 saturated carbocycles. The second-order valence-electron chi connectivity index (χ2n) is 3.56. The van der Waals surface area contributed by atoms with Crippen molar-refractivity contribution in [2.24, 2.45) is 5.84 Å². The smallest absolute Gasteiger partial charge is 0.216 e. The third kappa shape index (κ3) is 4.65. The number of nitrogens with one attached hydrogen (secondary N) is 2. The molecular weight excluding hydrogens is 221 g/mol. The van der Waals surface area contributed by atoms with Crippen molar-refractivity contribution in [2.75, 3.05) is 12.0 Å². The van der Waals surface area contributed by atoms with Crippen molar-refractivity contribution in [2.45, 2.75) is 13.3 Å². The standard InChI is InChI=1S/C12H16FN3O/c1-9(17)15-7-3-2-4-10-5-6-12(16-14)11(13)8-10/h2,4-6,8,16H,3,7,14H2,1H3,(H,15,17). The number of amides is 1. The molecule has 17 heavy (non-hydrogen) atoms. The van der Waals surface area contributed by atoms with Crippen LogP contribution < -0.4 is 16.6 Å². The number of hydrogen-bond donors (Lipinski definition) is 3. The Hall–Kier alpha value is -1.88. The fraction of sp³-hybridized carbons (Fsp3) is 0.250. The van der Waals surface area contributed by atoms with E-state index in [2.05, 4.69) is 10.7 Å². The van der Waals surface area contributed by atoms with Gasteiger partial charge in [-0.2, -0.15) is 0 Å². The van der Waals surface area contributed by atoms with E-state index in [-0.39, 0.29) is 11.6 Å². The molecule has 0 unspecified atom stereocenters. The van der Waals surface area contributed by atoms with E-state index < -0.39 is 5.82 Å². The van der Waals surface area contributed by atoms with Gasteiger partial charge in [-0.15, -0.1) is 0 Å². The van der Waals surface area contributed by atoms with E-state index in [1.165, 1.54) is 13.0 Å². The zero-order valence-corrected chi connectivity index (χ0v) is 9.66. The molecule has 1 amide bonds. The number of anilines is 1. The Morgan fingerprint density at radius 2 is 2.29 bits per heavy atom. The van der Waals surface area contributed by atoms with Crippen LogP contribution in [-0.4, -0.2) is 12.5 Å². The lowest BCUT2D eigenvalue weighted by atomic mass is 10.1. The molecule has 0 aliphatic rings. The summed E-state index contributed by atoms with van der Waals surface area (Å²) in [5.74, 6) is 4.68. The number of hydrazine groups is 1. The van der Waals surface area contributed by atoms with Gasteiger partial charge in [-0.05, 0) is 24.1 Å². The Kier molecular flexibility index (Phi) is 5.16. The summed E-state index contributed by atoms with van der Waals surface area (Å²) < 4.78 is 13.3. The second-order valence-corrected chi connectivity index (χ2v) is 3.56. The molecule has 0 heterocycles. The van der Waals surface area contributed by atoms with Crippen LogP contribution >= 0.6 is 0 Å². The maximum Gasteiger partial charge on any atom is 0.216 e. The number of nitrogens with two attached hydrogens (primary N) is 1. The van der Waals surface area contributed by atoms with E-state index in [0.717, 1.165) is 5.56 Å². The lowest BCUT2D eigenvalue weighted by Gasteiger charge is -2.02. The summed E-state index contributed by atoms with van der Waals surface area (Å²) in [7, 11) is 0. The van der Waals surface area contributed by atoms with Gasteiger partial charge in [0.1, 0.15) is 5.82 Å². The number of carbonyl (C=O) groups is 1. The summed E-state index contributed by atoms with van der Waals surface area (Å²) in [6.07, 6.45) is 4.38. The van der Waals surface area contributed by atoms with Crippen LogP contribution in [0, 0.1) is 5.82 Å². The van der Waals surface area contributed by atoms with Gasteiger partial charge < -0.3 is 10.7 Å². The monoisotopic (exact) mass is 237 g/mol. The van der Waals surface area contributed by atoms with Crippen molar-refractivity contribution >= 4 is 17.7 Å². The van der Waals surface area contributed by atoms with Crippen molar-refractivity contribution in [3.8, 4) is 0 Å².